The minimum atomic E-state index is -0.475. The average Bonchev–Trinajstić information content (AvgIpc) is 2.91. The van der Waals surface area contributed by atoms with Crippen molar-refractivity contribution in [2.24, 2.45) is 0 Å². The molecule has 106 valence electrons. The Kier molecular flexibility index (Phi) is 5.19. The summed E-state index contributed by atoms with van der Waals surface area (Å²) in [6, 6.07) is 7.56. The van der Waals surface area contributed by atoms with Crippen molar-refractivity contribution < 1.29 is 14.6 Å². The van der Waals surface area contributed by atoms with E-state index in [1.807, 2.05) is 31.3 Å². The molecule has 1 aromatic carbocycles. The molecule has 2 rings (SSSR count). The zero-order valence-corrected chi connectivity index (χ0v) is 11.7. The highest BCUT2D eigenvalue weighted by Gasteiger charge is 2.19. The summed E-state index contributed by atoms with van der Waals surface area (Å²) in [7, 11) is 3.66. The van der Waals surface area contributed by atoms with Crippen molar-refractivity contribution in [2.75, 3.05) is 33.9 Å². The van der Waals surface area contributed by atoms with Crippen LogP contribution in [0.2, 0.25) is 0 Å². The minimum absolute atomic E-state index is 0.327. The van der Waals surface area contributed by atoms with Gasteiger partial charge in [0.25, 0.3) is 0 Å². The molecular weight excluding hydrogens is 242 g/mol. The van der Waals surface area contributed by atoms with Crippen molar-refractivity contribution in [3.63, 3.8) is 0 Å². The number of likely N-dealkylation sites (N-methyl/N-ethyl adjacent to an activating group) is 1. The van der Waals surface area contributed by atoms with E-state index in [0.717, 1.165) is 37.3 Å². The Balaban J connectivity index is 1.82. The van der Waals surface area contributed by atoms with E-state index in [1.54, 1.807) is 7.11 Å². The summed E-state index contributed by atoms with van der Waals surface area (Å²) in [4.78, 5) is 2.13. The molecule has 0 saturated carbocycles. The summed E-state index contributed by atoms with van der Waals surface area (Å²) in [6.45, 7) is 2.37. The number of rotatable bonds is 6. The largest absolute Gasteiger partial charge is 0.497 e. The average molecular weight is 265 g/mol. The molecule has 0 aliphatic carbocycles. The van der Waals surface area contributed by atoms with Gasteiger partial charge in [0.2, 0.25) is 0 Å². The van der Waals surface area contributed by atoms with Gasteiger partial charge in [-0.3, -0.25) is 0 Å². The molecule has 4 nitrogen and oxygen atoms in total. The monoisotopic (exact) mass is 265 g/mol. The van der Waals surface area contributed by atoms with Crippen LogP contribution in [0.5, 0.6) is 5.75 Å². The number of aliphatic hydroxyl groups excluding tert-OH is 1. The van der Waals surface area contributed by atoms with Gasteiger partial charge in [-0.05, 0) is 37.6 Å². The minimum Gasteiger partial charge on any atom is -0.497 e. The smallest absolute Gasteiger partial charge is 0.118 e. The molecule has 4 heteroatoms. The Morgan fingerprint density at radius 2 is 2.16 bits per heavy atom. The number of benzene rings is 1. The second-order valence-electron chi connectivity index (χ2n) is 5.15. The Morgan fingerprint density at radius 3 is 2.74 bits per heavy atom. The van der Waals surface area contributed by atoms with Gasteiger partial charge in [-0.15, -0.1) is 0 Å². The molecule has 1 aliphatic rings. The highest BCUT2D eigenvalue weighted by molar-refractivity contribution is 5.28. The highest BCUT2D eigenvalue weighted by Crippen LogP contribution is 2.19. The third-order valence-corrected chi connectivity index (χ3v) is 3.52. The van der Waals surface area contributed by atoms with Gasteiger partial charge in [0.15, 0.2) is 0 Å². The van der Waals surface area contributed by atoms with E-state index in [2.05, 4.69) is 4.90 Å². The van der Waals surface area contributed by atoms with Crippen LogP contribution in [0.1, 0.15) is 24.5 Å². The number of methoxy groups -OCH3 is 1. The second kappa shape index (κ2) is 6.89. The molecule has 2 unspecified atom stereocenters. The van der Waals surface area contributed by atoms with Crippen molar-refractivity contribution in [3.8, 4) is 5.75 Å². The molecule has 2 atom stereocenters. The lowest BCUT2D eigenvalue weighted by Crippen LogP contribution is -2.32. The topological polar surface area (TPSA) is 41.9 Å². The normalized spacial score (nSPS) is 20.7. The zero-order chi connectivity index (χ0) is 13.7. The predicted molar refractivity (Wildman–Crippen MR) is 74.4 cm³/mol. The number of nitrogens with zero attached hydrogens (tertiary/aromatic N) is 1. The van der Waals surface area contributed by atoms with Crippen molar-refractivity contribution >= 4 is 0 Å². The van der Waals surface area contributed by atoms with Crippen LogP contribution in [-0.4, -0.2) is 50.0 Å². The van der Waals surface area contributed by atoms with E-state index < -0.39 is 6.10 Å². The van der Waals surface area contributed by atoms with Gasteiger partial charge < -0.3 is 19.5 Å². The SMILES string of the molecule is COc1ccc(C(O)CN(C)CC2CCCO2)cc1. The molecule has 0 spiro atoms. The molecule has 1 heterocycles. The molecular formula is C15H23NO3. The van der Waals surface area contributed by atoms with Gasteiger partial charge in [-0.1, -0.05) is 12.1 Å². The van der Waals surface area contributed by atoms with Gasteiger partial charge in [-0.2, -0.15) is 0 Å². The Morgan fingerprint density at radius 1 is 1.42 bits per heavy atom. The third-order valence-electron chi connectivity index (χ3n) is 3.52. The number of aliphatic hydroxyl groups is 1. The van der Waals surface area contributed by atoms with Crippen molar-refractivity contribution in [1.29, 1.82) is 0 Å². The van der Waals surface area contributed by atoms with Crippen LogP contribution in [0, 0.1) is 0 Å². The first-order valence-corrected chi connectivity index (χ1v) is 6.81. The molecule has 1 saturated heterocycles. The fraction of sp³-hybridized carbons (Fsp3) is 0.600. The van der Waals surface area contributed by atoms with E-state index >= 15 is 0 Å². The molecule has 1 aromatic rings. The molecule has 0 radical (unpaired) electrons. The molecule has 0 amide bonds. The van der Waals surface area contributed by atoms with Crippen molar-refractivity contribution in [1.82, 2.24) is 4.90 Å². The van der Waals surface area contributed by atoms with E-state index in [1.165, 1.54) is 0 Å². The van der Waals surface area contributed by atoms with Crippen LogP contribution in [0.3, 0.4) is 0 Å². The summed E-state index contributed by atoms with van der Waals surface area (Å²) in [6.07, 6.45) is 2.13. The predicted octanol–water partition coefficient (Wildman–Crippen LogP) is 1.84. The van der Waals surface area contributed by atoms with Gasteiger partial charge in [0.05, 0.1) is 19.3 Å². The summed E-state index contributed by atoms with van der Waals surface area (Å²) in [5, 5.41) is 10.2. The lowest BCUT2D eigenvalue weighted by atomic mass is 10.1. The zero-order valence-electron chi connectivity index (χ0n) is 11.7. The van der Waals surface area contributed by atoms with Crippen molar-refractivity contribution in [2.45, 2.75) is 25.0 Å². The van der Waals surface area contributed by atoms with Crippen LogP contribution in [0.25, 0.3) is 0 Å². The molecule has 0 aromatic heterocycles. The summed E-state index contributed by atoms with van der Waals surface area (Å²) >= 11 is 0. The van der Waals surface area contributed by atoms with Crippen LogP contribution in [-0.2, 0) is 4.74 Å². The number of hydrogen-bond donors (Lipinski definition) is 1. The quantitative estimate of drug-likeness (QED) is 0.852. The maximum Gasteiger partial charge on any atom is 0.118 e. The first-order valence-electron chi connectivity index (χ1n) is 6.81. The molecule has 1 fully saturated rings. The van der Waals surface area contributed by atoms with Gasteiger partial charge in [-0.25, -0.2) is 0 Å². The fourth-order valence-corrected chi connectivity index (χ4v) is 2.44. The van der Waals surface area contributed by atoms with Crippen LogP contribution in [0.4, 0.5) is 0 Å². The lowest BCUT2D eigenvalue weighted by Gasteiger charge is -2.23. The standard InChI is InChI=1S/C15H23NO3/c1-16(10-14-4-3-9-19-14)11-15(17)12-5-7-13(18-2)8-6-12/h5-8,14-15,17H,3-4,9-11H2,1-2H3. The molecule has 0 bridgehead atoms. The lowest BCUT2D eigenvalue weighted by molar-refractivity contribution is 0.0602. The maximum atomic E-state index is 10.2. The van der Waals surface area contributed by atoms with E-state index in [4.69, 9.17) is 9.47 Å². The van der Waals surface area contributed by atoms with Crippen LogP contribution < -0.4 is 4.74 Å². The number of hydrogen-bond acceptors (Lipinski definition) is 4. The molecule has 19 heavy (non-hydrogen) atoms. The Hall–Kier alpha value is -1.10. The Labute approximate surface area is 114 Å². The highest BCUT2D eigenvalue weighted by atomic mass is 16.5. The maximum absolute atomic E-state index is 10.2. The fourth-order valence-electron chi connectivity index (χ4n) is 2.44. The summed E-state index contributed by atoms with van der Waals surface area (Å²) < 4.78 is 10.7. The molecule has 1 aliphatic heterocycles. The first kappa shape index (κ1) is 14.3. The van der Waals surface area contributed by atoms with E-state index in [-0.39, 0.29) is 0 Å². The van der Waals surface area contributed by atoms with Gasteiger partial charge in [0.1, 0.15) is 5.75 Å². The second-order valence-corrected chi connectivity index (χ2v) is 5.15. The van der Waals surface area contributed by atoms with E-state index in [9.17, 15) is 5.11 Å². The van der Waals surface area contributed by atoms with Crippen molar-refractivity contribution in [3.05, 3.63) is 29.8 Å². The summed E-state index contributed by atoms with van der Waals surface area (Å²) in [5.74, 6) is 0.809. The number of ether oxygens (including phenoxy) is 2. The first-order chi connectivity index (χ1) is 9.19. The Bertz CT molecular complexity index is 373. The van der Waals surface area contributed by atoms with Crippen LogP contribution in [0.15, 0.2) is 24.3 Å². The third kappa shape index (κ3) is 4.20. The van der Waals surface area contributed by atoms with Crippen LogP contribution >= 0.6 is 0 Å². The molecule has 1 N–H and O–H groups in total. The van der Waals surface area contributed by atoms with E-state index in [0.29, 0.717) is 12.6 Å². The van der Waals surface area contributed by atoms with Gasteiger partial charge >= 0.3 is 0 Å². The van der Waals surface area contributed by atoms with Gasteiger partial charge in [0, 0.05) is 19.7 Å². The summed E-state index contributed by atoms with van der Waals surface area (Å²) in [5.41, 5.74) is 0.917.